The summed E-state index contributed by atoms with van der Waals surface area (Å²) in [5.41, 5.74) is 0.831. The largest absolute Gasteiger partial charge is 0.272 e. The standard InChI is InChI=1S/C12H15NO2.2C2H6/c1-5-7-10-9(6-2)11(14)13(8(3)4)12(10)15;2*1-2/h5-8H,2H2,1,3-4H3;2*1-2H3/b7-5-;;. The third kappa shape index (κ3) is 4.51. The van der Waals surface area contributed by atoms with Crippen molar-refractivity contribution in [3.8, 4) is 0 Å². The second-order valence-corrected chi connectivity index (χ2v) is 3.61. The van der Waals surface area contributed by atoms with E-state index in [4.69, 9.17) is 0 Å². The molecule has 1 aliphatic heterocycles. The van der Waals surface area contributed by atoms with Crippen LogP contribution in [0.4, 0.5) is 0 Å². The van der Waals surface area contributed by atoms with Gasteiger partial charge >= 0.3 is 0 Å². The number of imide groups is 1. The first-order valence-corrected chi connectivity index (χ1v) is 6.91. The number of carbonyl (C=O) groups is 2. The highest BCUT2D eigenvalue weighted by Gasteiger charge is 2.36. The van der Waals surface area contributed by atoms with Crippen molar-refractivity contribution in [3.05, 3.63) is 36.0 Å². The highest BCUT2D eigenvalue weighted by Crippen LogP contribution is 2.24. The Labute approximate surface area is 117 Å². The summed E-state index contributed by atoms with van der Waals surface area (Å²) in [7, 11) is 0. The molecule has 1 rings (SSSR count). The summed E-state index contributed by atoms with van der Waals surface area (Å²) in [4.78, 5) is 24.9. The van der Waals surface area contributed by atoms with Gasteiger partial charge in [-0.3, -0.25) is 14.5 Å². The highest BCUT2D eigenvalue weighted by molar-refractivity contribution is 6.22. The molecule has 0 aromatic carbocycles. The lowest BCUT2D eigenvalue weighted by atomic mass is 10.1. The van der Waals surface area contributed by atoms with E-state index >= 15 is 0 Å². The monoisotopic (exact) mass is 265 g/mol. The number of nitrogens with zero attached hydrogens (tertiary/aromatic N) is 1. The zero-order valence-electron chi connectivity index (χ0n) is 13.3. The molecule has 0 radical (unpaired) electrons. The van der Waals surface area contributed by atoms with Gasteiger partial charge in [-0.25, -0.2) is 0 Å². The minimum absolute atomic E-state index is 0.122. The smallest absolute Gasteiger partial charge is 0.261 e. The van der Waals surface area contributed by atoms with E-state index in [1.165, 1.54) is 11.0 Å². The average Bonchev–Trinajstić information content (AvgIpc) is 2.66. The van der Waals surface area contributed by atoms with E-state index in [0.29, 0.717) is 11.1 Å². The van der Waals surface area contributed by atoms with Crippen molar-refractivity contribution in [2.75, 3.05) is 0 Å². The third-order valence-corrected chi connectivity index (χ3v) is 2.24. The molecule has 0 N–H and O–H groups in total. The molecule has 1 aliphatic rings. The first kappa shape index (κ1) is 19.7. The fourth-order valence-corrected chi connectivity index (χ4v) is 1.58. The van der Waals surface area contributed by atoms with Crippen LogP contribution in [0.15, 0.2) is 36.0 Å². The predicted octanol–water partition coefficient (Wildman–Crippen LogP) is 3.87. The Kier molecular flexibility index (Phi) is 10.7. The molecule has 0 unspecified atom stereocenters. The molecule has 3 nitrogen and oxygen atoms in total. The van der Waals surface area contributed by atoms with Crippen molar-refractivity contribution < 1.29 is 9.59 Å². The summed E-state index contributed by atoms with van der Waals surface area (Å²) in [5, 5.41) is 0. The Morgan fingerprint density at radius 3 is 1.74 bits per heavy atom. The maximum Gasteiger partial charge on any atom is 0.261 e. The van der Waals surface area contributed by atoms with Gasteiger partial charge in [0.1, 0.15) is 0 Å². The van der Waals surface area contributed by atoms with E-state index < -0.39 is 0 Å². The summed E-state index contributed by atoms with van der Waals surface area (Å²) in [6.45, 7) is 17.0. The van der Waals surface area contributed by atoms with E-state index in [0.717, 1.165) is 0 Å². The summed E-state index contributed by atoms with van der Waals surface area (Å²) in [6.07, 6.45) is 4.84. The number of hydrogen-bond acceptors (Lipinski definition) is 2. The average molecular weight is 265 g/mol. The van der Waals surface area contributed by atoms with Gasteiger partial charge in [0.25, 0.3) is 11.8 Å². The van der Waals surface area contributed by atoms with Crippen LogP contribution in [0.5, 0.6) is 0 Å². The van der Waals surface area contributed by atoms with Crippen molar-refractivity contribution in [1.29, 1.82) is 0 Å². The normalized spacial score (nSPS) is 14.4. The van der Waals surface area contributed by atoms with Crippen molar-refractivity contribution >= 4 is 11.8 Å². The molecule has 1 heterocycles. The van der Waals surface area contributed by atoms with E-state index in [9.17, 15) is 9.59 Å². The zero-order chi connectivity index (χ0) is 15.6. The first-order valence-electron chi connectivity index (χ1n) is 6.91. The molecule has 2 amide bonds. The van der Waals surface area contributed by atoms with Crippen LogP contribution in [0.3, 0.4) is 0 Å². The molecule has 0 aromatic rings. The maximum atomic E-state index is 11.9. The fraction of sp³-hybridized carbons (Fsp3) is 0.500. The second-order valence-electron chi connectivity index (χ2n) is 3.61. The van der Waals surface area contributed by atoms with Crippen LogP contribution in [0.1, 0.15) is 48.5 Å². The van der Waals surface area contributed by atoms with Crippen LogP contribution in [0.25, 0.3) is 0 Å². The second kappa shape index (κ2) is 10.3. The zero-order valence-corrected chi connectivity index (χ0v) is 13.3. The van der Waals surface area contributed by atoms with Gasteiger partial charge in [-0.2, -0.15) is 0 Å². The molecule has 0 bridgehead atoms. The summed E-state index contributed by atoms with van der Waals surface area (Å²) < 4.78 is 0. The van der Waals surface area contributed by atoms with Crippen molar-refractivity contribution in [2.45, 2.75) is 54.5 Å². The minimum atomic E-state index is -0.252. The Hall–Kier alpha value is -1.64. The van der Waals surface area contributed by atoms with Crippen LogP contribution >= 0.6 is 0 Å². The SMILES string of the molecule is C=CC1=C(/C=C\C)C(=O)N(C(C)C)C1=O.CC.CC. The molecule has 19 heavy (non-hydrogen) atoms. The van der Waals surface area contributed by atoms with Gasteiger partial charge in [0.05, 0.1) is 11.1 Å². The molecule has 0 spiro atoms. The molecular weight excluding hydrogens is 238 g/mol. The number of carbonyl (C=O) groups excluding carboxylic acids is 2. The van der Waals surface area contributed by atoms with Gasteiger partial charge in [0.2, 0.25) is 0 Å². The van der Waals surface area contributed by atoms with Crippen LogP contribution in [-0.4, -0.2) is 22.8 Å². The van der Waals surface area contributed by atoms with Crippen LogP contribution in [0.2, 0.25) is 0 Å². The van der Waals surface area contributed by atoms with Crippen molar-refractivity contribution in [1.82, 2.24) is 4.90 Å². The first-order chi connectivity index (χ1) is 9.04. The molecule has 0 fully saturated rings. The molecule has 0 aliphatic carbocycles. The Morgan fingerprint density at radius 1 is 1.00 bits per heavy atom. The summed E-state index contributed by atoms with van der Waals surface area (Å²) in [5.74, 6) is -0.485. The predicted molar refractivity (Wildman–Crippen MR) is 81.7 cm³/mol. The van der Waals surface area contributed by atoms with E-state index in [-0.39, 0.29) is 17.9 Å². The number of amides is 2. The minimum Gasteiger partial charge on any atom is -0.272 e. The van der Waals surface area contributed by atoms with Crippen molar-refractivity contribution in [3.63, 3.8) is 0 Å². The number of hydrogen-bond donors (Lipinski definition) is 0. The Balaban J connectivity index is 0. The molecule has 0 aromatic heterocycles. The lowest BCUT2D eigenvalue weighted by molar-refractivity contribution is -0.139. The van der Waals surface area contributed by atoms with E-state index in [1.807, 2.05) is 48.5 Å². The topological polar surface area (TPSA) is 37.4 Å². The molecule has 0 saturated heterocycles. The van der Waals surface area contributed by atoms with Gasteiger partial charge in [-0.1, -0.05) is 52.5 Å². The van der Waals surface area contributed by atoms with Crippen molar-refractivity contribution in [2.24, 2.45) is 0 Å². The fourth-order valence-electron chi connectivity index (χ4n) is 1.58. The maximum absolute atomic E-state index is 11.9. The molecule has 0 saturated carbocycles. The van der Waals surface area contributed by atoms with Crippen LogP contribution in [0, 0.1) is 0 Å². The summed E-state index contributed by atoms with van der Waals surface area (Å²) >= 11 is 0. The molecule has 3 heteroatoms. The molecule has 0 atom stereocenters. The quantitative estimate of drug-likeness (QED) is 0.726. The Bertz CT molecular complexity index is 376. The van der Waals surface area contributed by atoms with Gasteiger partial charge in [-0.05, 0) is 20.8 Å². The number of allylic oxidation sites excluding steroid dienone is 1. The van der Waals surface area contributed by atoms with Gasteiger partial charge in [0.15, 0.2) is 0 Å². The van der Waals surface area contributed by atoms with E-state index in [1.54, 1.807) is 12.2 Å². The van der Waals surface area contributed by atoms with Gasteiger partial charge < -0.3 is 0 Å². The Morgan fingerprint density at radius 2 is 1.42 bits per heavy atom. The lowest BCUT2D eigenvalue weighted by Gasteiger charge is -2.18. The van der Waals surface area contributed by atoms with E-state index in [2.05, 4.69) is 6.58 Å². The van der Waals surface area contributed by atoms with Gasteiger partial charge in [-0.15, -0.1) is 0 Å². The molecular formula is C16H27NO2. The number of rotatable bonds is 3. The summed E-state index contributed by atoms with van der Waals surface area (Å²) in [6, 6.07) is -0.122. The highest BCUT2D eigenvalue weighted by atomic mass is 16.2. The van der Waals surface area contributed by atoms with Crippen LogP contribution < -0.4 is 0 Å². The molecule has 108 valence electrons. The third-order valence-electron chi connectivity index (χ3n) is 2.24. The lowest BCUT2D eigenvalue weighted by Crippen LogP contribution is -2.37. The van der Waals surface area contributed by atoms with Gasteiger partial charge in [0, 0.05) is 6.04 Å². The van der Waals surface area contributed by atoms with Crippen LogP contribution in [-0.2, 0) is 9.59 Å².